The zero-order valence-electron chi connectivity index (χ0n) is 10.2. The van der Waals surface area contributed by atoms with Crippen molar-refractivity contribution in [2.24, 2.45) is 0 Å². The van der Waals surface area contributed by atoms with Crippen molar-refractivity contribution in [2.75, 3.05) is 0 Å². The van der Waals surface area contributed by atoms with Gasteiger partial charge in [-0.2, -0.15) is 0 Å². The molecule has 3 rings (SSSR count). The molecule has 0 aromatic heterocycles. The second kappa shape index (κ2) is 5.31. The molecule has 2 aromatic rings. The molecule has 1 N–H and O–H groups in total. The fraction of sp³-hybridized carbons (Fsp3) is 0.133. The van der Waals surface area contributed by atoms with Crippen molar-refractivity contribution in [1.82, 2.24) is 0 Å². The summed E-state index contributed by atoms with van der Waals surface area (Å²) < 4.78 is 6.05. The van der Waals surface area contributed by atoms with Crippen molar-refractivity contribution in [3.05, 3.63) is 57.0 Å². The number of rotatable bonds is 2. The Hall–Kier alpha value is -1.17. The van der Waals surface area contributed by atoms with Gasteiger partial charge in [0, 0.05) is 0 Å². The third-order valence-electron chi connectivity index (χ3n) is 3.30. The van der Waals surface area contributed by atoms with E-state index in [0.717, 1.165) is 16.3 Å². The van der Waals surface area contributed by atoms with Crippen LogP contribution in [0.5, 0.6) is 0 Å². The van der Waals surface area contributed by atoms with Crippen LogP contribution in [0.25, 0.3) is 10.8 Å². The van der Waals surface area contributed by atoms with E-state index in [1.807, 2.05) is 42.5 Å². The first kappa shape index (κ1) is 13.8. The maximum Gasteiger partial charge on any atom is 0.346 e. The van der Waals surface area contributed by atoms with Gasteiger partial charge in [-0.3, -0.25) is 0 Å². The molecule has 20 heavy (non-hydrogen) atoms. The molecular formula is C15H10Br2O3. The topological polar surface area (TPSA) is 46.5 Å². The Bertz CT molecular complexity index is 719. The summed E-state index contributed by atoms with van der Waals surface area (Å²) in [5.74, 6) is -0.471. The van der Waals surface area contributed by atoms with E-state index in [1.165, 1.54) is 0 Å². The molecule has 0 unspecified atom stereocenters. The Balaban J connectivity index is 2.06. The van der Waals surface area contributed by atoms with Gasteiger partial charge in [-0.1, -0.05) is 42.5 Å². The van der Waals surface area contributed by atoms with Crippen molar-refractivity contribution in [2.45, 2.75) is 12.2 Å². The number of carbonyl (C=O) groups is 1. The number of hydrogen-bond acceptors (Lipinski definition) is 3. The Morgan fingerprint density at radius 1 is 1.10 bits per heavy atom. The van der Waals surface area contributed by atoms with Crippen LogP contribution in [0, 0.1) is 0 Å². The van der Waals surface area contributed by atoms with Crippen LogP contribution in [0.2, 0.25) is 0 Å². The molecule has 0 saturated carbocycles. The molecule has 5 heteroatoms. The zero-order chi connectivity index (χ0) is 14.3. The molecule has 3 nitrogen and oxygen atoms in total. The van der Waals surface area contributed by atoms with Gasteiger partial charge in [-0.15, -0.1) is 0 Å². The maximum absolute atomic E-state index is 11.5. The molecule has 1 aliphatic rings. The van der Waals surface area contributed by atoms with Crippen LogP contribution in [0.15, 0.2) is 51.4 Å². The van der Waals surface area contributed by atoms with Gasteiger partial charge in [0.2, 0.25) is 0 Å². The summed E-state index contributed by atoms with van der Waals surface area (Å²) in [4.78, 5) is 11.5. The number of carbonyl (C=O) groups excluding carboxylic acids is 1. The molecule has 0 amide bonds. The monoisotopic (exact) mass is 396 g/mol. The first-order valence-electron chi connectivity index (χ1n) is 6.01. The molecule has 1 heterocycles. The normalized spacial score (nSPS) is 20.4. The molecule has 102 valence electrons. The van der Waals surface area contributed by atoms with Crippen LogP contribution in [-0.4, -0.2) is 17.2 Å². The Kier molecular flexibility index (Phi) is 3.67. The first-order valence-corrected chi connectivity index (χ1v) is 7.60. The van der Waals surface area contributed by atoms with Crippen molar-refractivity contribution < 1.29 is 14.6 Å². The number of cyclic esters (lactones) is 1. The molecule has 0 bridgehead atoms. The minimum atomic E-state index is -0.922. The minimum Gasteiger partial charge on any atom is -0.450 e. The predicted octanol–water partition coefficient (Wildman–Crippen LogP) is 3.80. The average Bonchev–Trinajstić information content (AvgIpc) is 2.73. The van der Waals surface area contributed by atoms with Crippen molar-refractivity contribution in [3.63, 3.8) is 0 Å². The summed E-state index contributed by atoms with van der Waals surface area (Å²) >= 11 is 6.45. The number of esters is 1. The number of benzene rings is 2. The van der Waals surface area contributed by atoms with Crippen LogP contribution < -0.4 is 0 Å². The fourth-order valence-electron chi connectivity index (χ4n) is 2.32. The van der Waals surface area contributed by atoms with Crippen molar-refractivity contribution in [1.29, 1.82) is 0 Å². The van der Waals surface area contributed by atoms with E-state index >= 15 is 0 Å². The minimum absolute atomic E-state index is 0.321. The average molecular weight is 398 g/mol. The van der Waals surface area contributed by atoms with Gasteiger partial charge in [0.05, 0.1) is 4.48 Å². The fourth-order valence-corrected chi connectivity index (χ4v) is 3.14. The summed E-state index contributed by atoms with van der Waals surface area (Å²) in [6.45, 7) is 0. The smallest absolute Gasteiger partial charge is 0.346 e. The van der Waals surface area contributed by atoms with E-state index in [2.05, 4.69) is 31.9 Å². The third kappa shape index (κ3) is 2.20. The van der Waals surface area contributed by atoms with Crippen LogP contribution in [-0.2, 0) is 9.53 Å². The number of aliphatic hydroxyl groups excluding tert-OH is 1. The standard InChI is InChI=1S/C15H10Br2O3/c16-11-12(17)15(19)20-14(11)13(18)10-7-3-5-8-4-1-2-6-9(8)10/h1-7,13-14,18H/t13-,14+/m1/s1. The summed E-state index contributed by atoms with van der Waals surface area (Å²) in [5.41, 5.74) is 0.736. The van der Waals surface area contributed by atoms with Gasteiger partial charge in [0.25, 0.3) is 0 Å². The Labute approximate surface area is 132 Å². The van der Waals surface area contributed by atoms with E-state index in [-0.39, 0.29) is 0 Å². The highest BCUT2D eigenvalue weighted by molar-refractivity contribution is 9.14. The highest BCUT2D eigenvalue weighted by Crippen LogP contribution is 2.39. The summed E-state index contributed by atoms with van der Waals surface area (Å²) in [7, 11) is 0. The number of fused-ring (bicyclic) bond motifs is 1. The molecule has 0 fully saturated rings. The molecule has 2 atom stereocenters. The number of ether oxygens (including phenoxy) is 1. The largest absolute Gasteiger partial charge is 0.450 e. The summed E-state index contributed by atoms with van der Waals surface area (Å²) in [6.07, 6.45) is -1.64. The van der Waals surface area contributed by atoms with Gasteiger partial charge >= 0.3 is 5.97 Å². The number of aliphatic hydroxyl groups is 1. The van der Waals surface area contributed by atoms with Crippen LogP contribution in [0.3, 0.4) is 0 Å². The number of halogens is 2. The first-order chi connectivity index (χ1) is 9.59. The lowest BCUT2D eigenvalue weighted by molar-refractivity contribution is -0.143. The van der Waals surface area contributed by atoms with Crippen LogP contribution in [0.4, 0.5) is 0 Å². The van der Waals surface area contributed by atoms with Crippen LogP contribution in [0.1, 0.15) is 11.7 Å². The molecule has 0 saturated heterocycles. The molecular weight excluding hydrogens is 388 g/mol. The van der Waals surface area contributed by atoms with Crippen LogP contribution >= 0.6 is 31.9 Å². The zero-order valence-corrected chi connectivity index (χ0v) is 13.4. The van der Waals surface area contributed by atoms with Crippen molar-refractivity contribution in [3.8, 4) is 0 Å². The third-order valence-corrected chi connectivity index (χ3v) is 5.43. The lowest BCUT2D eigenvalue weighted by Crippen LogP contribution is -2.20. The Morgan fingerprint density at radius 3 is 2.50 bits per heavy atom. The lowest BCUT2D eigenvalue weighted by Gasteiger charge is -2.20. The maximum atomic E-state index is 11.5. The molecule has 0 radical (unpaired) electrons. The molecule has 0 spiro atoms. The highest BCUT2D eigenvalue weighted by atomic mass is 79.9. The van der Waals surface area contributed by atoms with E-state index < -0.39 is 18.2 Å². The molecule has 1 aliphatic heterocycles. The van der Waals surface area contributed by atoms with E-state index in [1.54, 1.807) is 0 Å². The second-order valence-electron chi connectivity index (χ2n) is 4.50. The van der Waals surface area contributed by atoms with Crippen molar-refractivity contribution >= 4 is 48.6 Å². The van der Waals surface area contributed by atoms with Gasteiger partial charge < -0.3 is 9.84 Å². The summed E-state index contributed by atoms with van der Waals surface area (Å²) in [5, 5.41) is 12.5. The van der Waals surface area contributed by atoms with E-state index in [4.69, 9.17) is 4.74 Å². The van der Waals surface area contributed by atoms with Gasteiger partial charge in [-0.25, -0.2) is 4.79 Å². The Morgan fingerprint density at radius 2 is 1.80 bits per heavy atom. The number of hydrogen-bond donors (Lipinski definition) is 1. The molecule has 2 aromatic carbocycles. The predicted molar refractivity (Wildman–Crippen MR) is 83.7 cm³/mol. The molecule has 0 aliphatic carbocycles. The quantitative estimate of drug-likeness (QED) is 0.784. The van der Waals surface area contributed by atoms with E-state index in [9.17, 15) is 9.90 Å². The highest BCUT2D eigenvalue weighted by Gasteiger charge is 2.37. The van der Waals surface area contributed by atoms with Gasteiger partial charge in [0.15, 0.2) is 6.10 Å². The van der Waals surface area contributed by atoms with E-state index in [0.29, 0.717) is 8.96 Å². The SMILES string of the molecule is O=C1O[C@H]([C@H](O)c2cccc3ccccc23)C(Br)=C1Br. The van der Waals surface area contributed by atoms with Gasteiger partial charge in [-0.05, 0) is 48.2 Å². The summed E-state index contributed by atoms with van der Waals surface area (Å²) in [6, 6.07) is 13.5. The second-order valence-corrected chi connectivity index (χ2v) is 6.15. The van der Waals surface area contributed by atoms with Gasteiger partial charge in [0.1, 0.15) is 10.6 Å². The lowest BCUT2D eigenvalue weighted by atomic mass is 9.97.